The Morgan fingerprint density at radius 2 is 2.03 bits per heavy atom. The van der Waals surface area contributed by atoms with Crippen molar-refractivity contribution in [2.75, 3.05) is 5.32 Å². The number of anilines is 1. The van der Waals surface area contributed by atoms with Crippen molar-refractivity contribution in [3.63, 3.8) is 0 Å². The molecule has 172 valence electrons. The molecule has 1 fully saturated rings. The summed E-state index contributed by atoms with van der Waals surface area (Å²) in [6, 6.07) is 14.5. The Hall–Kier alpha value is -2.53. The van der Waals surface area contributed by atoms with Gasteiger partial charge in [0.25, 0.3) is 0 Å². The van der Waals surface area contributed by atoms with Crippen molar-refractivity contribution in [1.82, 2.24) is 0 Å². The van der Waals surface area contributed by atoms with Crippen molar-refractivity contribution in [1.29, 1.82) is 0 Å². The molecule has 0 bridgehead atoms. The van der Waals surface area contributed by atoms with Gasteiger partial charge in [-0.1, -0.05) is 24.3 Å². The van der Waals surface area contributed by atoms with Crippen LogP contribution in [0.5, 0.6) is 11.5 Å². The lowest BCUT2D eigenvalue weighted by Gasteiger charge is -2.43. The number of hydrogen-bond acceptors (Lipinski definition) is 5. The van der Waals surface area contributed by atoms with Crippen molar-refractivity contribution in [2.24, 2.45) is 5.92 Å². The number of aliphatic hydroxyl groups is 1. The second-order valence-corrected chi connectivity index (χ2v) is 9.44. The van der Waals surface area contributed by atoms with Crippen LogP contribution in [0.4, 0.5) is 5.69 Å². The molecule has 5 atom stereocenters. The van der Waals surface area contributed by atoms with E-state index >= 15 is 0 Å². The highest BCUT2D eigenvalue weighted by Crippen LogP contribution is 2.47. The van der Waals surface area contributed by atoms with Gasteiger partial charge in [0.1, 0.15) is 11.5 Å². The summed E-state index contributed by atoms with van der Waals surface area (Å²) in [4.78, 5) is 11.3. The Bertz CT molecular complexity index is 943. The summed E-state index contributed by atoms with van der Waals surface area (Å²) < 4.78 is 11.5. The molecule has 1 aliphatic heterocycles. The maximum absolute atomic E-state index is 11.3. The summed E-state index contributed by atoms with van der Waals surface area (Å²) >= 11 is 0. The van der Waals surface area contributed by atoms with Gasteiger partial charge in [-0.3, -0.25) is 4.79 Å². The second kappa shape index (κ2) is 9.95. The number of aliphatic hydroxyl groups excluding tert-OH is 1. The number of ether oxygens (including phenoxy) is 2. The molecule has 1 saturated carbocycles. The van der Waals surface area contributed by atoms with E-state index in [-0.39, 0.29) is 18.2 Å². The minimum Gasteiger partial charge on any atom is -0.491 e. The van der Waals surface area contributed by atoms with Crippen molar-refractivity contribution in [3.8, 4) is 11.5 Å². The molecule has 0 radical (unpaired) electrons. The van der Waals surface area contributed by atoms with Gasteiger partial charge in [-0.15, -0.1) is 0 Å². The Morgan fingerprint density at radius 1 is 1.22 bits per heavy atom. The zero-order valence-electron chi connectivity index (χ0n) is 19.3. The largest absolute Gasteiger partial charge is 0.491 e. The highest BCUT2D eigenvalue weighted by atomic mass is 16.5. The van der Waals surface area contributed by atoms with Crippen LogP contribution in [0.15, 0.2) is 42.5 Å². The number of aryl methyl sites for hydroxylation is 1. The molecule has 5 nitrogen and oxygen atoms in total. The molecule has 0 unspecified atom stereocenters. The number of hydrogen-bond donors (Lipinski definition) is 2. The van der Waals surface area contributed by atoms with Gasteiger partial charge in [0.15, 0.2) is 0 Å². The maximum Gasteiger partial charge on any atom is 0.308 e. The Labute approximate surface area is 191 Å². The molecular formula is C27H35NO4. The predicted molar refractivity (Wildman–Crippen MR) is 126 cm³/mol. The van der Waals surface area contributed by atoms with Gasteiger partial charge in [0, 0.05) is 24.7 Å². The molecule has 5 heteroatoms. The van der Waals surface area contributed by atoms with Crippen LogP contribution in [0.2, 0.25) is 0 Å². The number of carbonyl (C=O) groups is 1. The van der Waals surface area contributed by atoms with Crippen LogP contribution in [-0.2, 0) is 11.2 Å². The van der Waals surface area contributed by atoms with Crippen LogP contribution in [0.3, 0.4) is 0 Å². The number of nitrogens with one attached hydrogen (secondary N) is 1. The van der Waals surface area contributed by atoms with Crippen molar-refractivity contribution >= 4 is 11.7 Å². The smallest absolute Gasteiger partial charge is 0.308 e. The first kappa shape index (κ1) is 22.7. The summed E-state index contributed by atoms with van der Waals surface area (Å²) in [6.07, 6.45) is 5.44. The molecule has 2 aromatic rings. The van der Waals surface area contributed by atoms with Gasteiger partial charge < -0.3 is 19.9 Å². The zero-order chi connectivity index (χ0) is 22.7. The average molecular weight is 438 g/mol. The lowest BCUT2D eigenvalue weighted by molar-refractivity contribution is -0.131. The number of carbonyl (C=O) groups excluding carboxylic acids is 1. The Kier molecular flexibility index (Phi) is 7.04. The van der Waals surface area contributed by atoms with E-state index in [0.717, 1.165) is 55.5 Å². The van der Waals surface area contributed by atoms with Crippen molar-refractivity contribution in [2.45, 2.75) is 83.5 Å². The zero-order valence-corrected chi connectivity index (χ0v) is 19.3. The second-order valence-electron chi connectivity index (χ2n) is 9.44. The van der Waals surface area contributed by atoms with Crippen LogP contribution in [-0.4, -0.2) is 29.3 Å². The topological polar surface area (TPSA) is 67.8 Å². The lowest BCUT2D eigenvalue weighted by atomic mass is 9.69. The Morgan fingerprint density at radius 3 is 2.84 bits per heavy atom. The van der Waals surface area contributed by atoms with Gasteiger partial charge in [0.2, 0.25) is 0 Å². The molecule has 2 N–H and O–H groups in total. The van der Waals surface area contributed by atoms with E-state index in [9.17, 15) is 9.90 Å². The molecule has 0 aromatic heterocycles. The number of esters is 1. The molecule has 2 aromatic carbocycles. The molecule has 0 spiro atoms. The van der Waals surface area contributed by atoms with Gasteiger partial charge >= 0.3 is 5.97 Å². The van der Waals surface area contributed by atoms with E-state index < -0.39 is 0 Å². The van der Waals surface area contributed by atoms with E-state index in [1.165, 1.54) is 12.5 Å². The Balaban J connectivity index is 1.34. The van der Waals surface area contributed by atoms with Crippen LogP contribution in [0.1, 0.15) is 69.9 Å². The molecule has 4 rings (SSSR count). The number of fused-ring (bicyclic) bond motifs is 3. The minimum atomic E-state index is -0.293. The predicted octanol–water partition coefficient (Wildman–Crippen LogP) is 5.46. The van der Waals surface area contributed by atoms with Gasteiger partial charge in [0.05, 0.1) is 12.2 Å². The minimum absolute atomic E-state index is 0.0826. The van der Waals surface area contributed by atoms with E-state index in [1.807, 2.05) is 24.3 Å². The van der Waals surface area contributed by atoms with E-state index in [4.69, 9.17) is 9.47 Å². The van der Waals surface area contributed by atoms with E-state index in [1.54, 1.807) is 0 Å². The summed E-state index contributed by atoms with van der Waals surface area (Å²) in [5, 5.41) is 13.9. The van der Waals surface area contributed by atoms with Gasteiger partial charge in [-0.25, -0.2) is 0 Å². The summed E-state index contributed by atoms with van der Waals surface area (Å²) in [6.45, 7) is 5.78. The molecule has 1 aliphatic carbocycles. The van der Waals surface area contributed by atoms with Gasteiger partial charge in [-0.2, -0.15) is 0 Å². The fourth-order valence-electron chi connectivity index (χ4n) is 5.37. The fraction of sp³-hybridized carbons (Fsp3) is 0.519. The average Bonchev–Trinajstić information content (AvgIpc) is 2.74. The molecule has 32 heavy (non-hydrogen) atoms. The molecule has 1 heterocycles. The summed E-state index contributed by atoms with van der Waals surface area (Å²) in [5.74, 6) is 2.25. The highest BCUT2D eigenvalue weighted by molar-refractivity contribution is 5.69. The quantitative estimate of drug-likeness (QED) is 0.445. The standard InChI is InChI=1S/C27H35NO4/c1-17(7-6-9-20-8-4-5-10-27(20)32-19(3)29)31-22-12-14-24-25-15-21(30)11-13-23(25)18(2)28-26(24)16-22/h4-5,8,10,12,14,16-18,21,23,25,28,30H,6-7,9,11,13,15H2,1-3H3/t17-,18+,21-,23+,25-/m1/s1. The summed E-state index contributed by atoms with van der Waals surface area (Å²) in [7, 11) is 0. The highest BCUT2D eigenvalue weighted by Gasteiger charge is 2.38. The normalized spacial score (nSPS) is 25.1. The van der Waals surface area contributed by atoms with E-state index in [2.05, 4.69) is 37.4 Å². The molecule has 0 amide bonds. The van der Waals surface area contributed by atoms with Crippen molar-refractivity contribution in [3.05, 3.63) is 53.6 Å². The van der Waals surface area contributed by atoms with Crippen LogP contribution >= 0.6 is 0 Å². The number of rotatable bonds is 7. The first-order chi connectivity index (χ1) is 15.4. The first-order valence-corrected chi connectivity index (χ1v) is 11.9. The SMILES string of the molecule is CC(=O)Oc1ccccc1CCC[C@@H](C)Oc1ccc2c(c1)N[C@@H](C)[C@@H]1CC[C@@H](O)C[C@@H]21. The summed E-state index contributed by atoms with van der Waals surface area (Å²) in [5.41, 5.74) is 3.51. The first-order valence-electron chi connectivity index (χ1n) is 11.9. The van der Waals surface area contributed by atoms with Crippen LogP contribution < -0.4 is 14.8 Å². The van der Waals surface area contributed by atoms with Crippen LogP contribution in [0, 0.1) is 5.92 Å². The third-order valence-corrected chi connectivity index (χ3v) is 6.95. The van der Waals surface area contributed by atoms with Gasteiger partial charge in [-0.05, 0) is 87.5 Å². The monoisotopic (exact) mass is 437 g/mol. The molecule has 2 aliphatic rings. The molecular weight excluding hydrogens is 402 g/mol. The maximum atomic E-state index is 11.3. The van der Waals surface area contributed by atoms with E-state index in [0.29, 0.717) is 23.6 Å². The number of para-hydroxylation sites is 1. The third-order valence-electron chi connectivity index (χ3n) is 6.95. The fourth-order valence-corrected chi connectivity index (χ4v) is 5.37. The number of benzene rings is 2. The third kappa shape index (κ3) is 5.26. The lowest BCUT2D eigenvalue weighted by Crippen LogP contribution is -2.40. The van der Waals surface area contributed by atoms with Crippen molar-refractivity contribution < 1.29 is 19.4 Å². The molecule has 0 saturated heterocycles. The van der Waals surface area contributed by atoms with Crippen LogP contribution in [0.25, 0.3) is 0 Å².